The second kappa shape index (κ2) is 6.08. The van der Waals surface area contributed by atoms with Crippen LogP contribution in [-0.4, -0.2) is 23.6 Å². The van der Waals surface area contributed by atoms with Gasteiger partial charge in [-0.3, -0.25) is 9.59 Å². The Labute approximate surface area is 115 Å². The fourth-order valence-electron chi connectivity index (χ4n) is 1.42. The van der Waals surface area contributed by atoms with Gasteiger partial charge in [-0.2, -0.15) is 0 Å². The van der Waals surface area contributed by atoms with Crippen molar-refractivity contribution in [2.24, 2.45) is 5.73 Å². The predicted octanol–water partition coefficient (Wildman–Crippen LogP) is 1.44. The summed E-state index contributed by atoms with van der Waals surface area (Å²) in [6.45, 7) is 1.62. The summed E-state index contributed by atoms with van der Waals surface area (Å²) in [6.07, 6.45) is 0. The van der Waals surface area contributed by atoms with Crippen LogP contribution in [0.25, 0.3) is 0 Å². The molecule has 0 spiro atoms. The predicted molar refractivity (Wildman–Crippen MR) is 75.3 cm³/mol. The smallest absolute Gasteiger partial charge is 0.240 e. The summed E-state index contributed by atoms with van der Waals surface area (Å²) in [5, 5.41) is 5.44. The van der Waals surface area contributed by atoms with Gasteiger partial charge in [0, 0.05) is 10.6 Å². The fourth-order valence-corrected chi connectivity index (χ4v) is 2.21. The Balaban J connectivity index is 0.00000162. The second-order valence-electron chi connectivity index (χ2n) is 3.83. The van der Waals surface area contributed by atoms with Gasteiger partial charge in [0.1, 0.15) is 0 Å². The van der Waals surface area contributed by atoms with Crippen LogP contribution in [-0.2, 0) is 9.59 Å². The van der Waals surface area contributed by atoms with Gasteiger partial charge in [0.15, 0.2) is 0 Å². The molecule has 0 unspecified atom stereocenters. The number of benzene rings is 1. The fraction of sp³-hybridized carbons (Fsp3) is 0.273. The van der Waals surface area contributed by atoms with Crippen LogP contribution in [0.5, 0.6) is 0 Å². The van der Waals surface area contributed by atoms with Gasteiger partial charge in [0.05, 0.1) is 17.5 Å². The largest absolute Gasteiger partial charge is 0.325 e. The Kier molecular flexibility index (Phi) is 5.01. The number of hydrogen-bond acceptors (Lipinski definition) is 4. The summed E-state index contributed by atoms with van der Waals surface area (Å²) in [4.78, 5) is 23.6. The lowest BCUT2D eigenvalue weighted by Crippen LogP contribution is -2.32. The molecule has 0 saturated carbocycles. The molecule has 1 aliphatic heterocycles. The molecule has 7 heteroatoms. The third-order valence-corrected chi connectivity index (χ3v) is 3.37. The highest BCUT2D eigenvalue weighted by molar-refractivity contribution is 8.00. The monoisotopic (exact) mass is 287 g/mol. The van der Waals surface area contributed by atoms with E-state index in [1.54, 1.807) is 19.1 Å². The zero-order valence-corrected chi connectivity index (χ0v) is 11.4. The molecule has 0 fully saturated rings. The Bertz CT molecular complexity index is 479. The molecule has 1 heterocycles. The van der Waals surface area contributed by atoms with Crippen LogP contribution in [0.1, 0.15) is 6.92 Å². The van der Waals surface area contributed by atoms with E-state index in [0.717, 1.165) is 10.6 Å². The van der Waals surface area contributed by atoms with Gasteiger partial charge in [0.2, 0.25) is 11.8 Å². The topological polar surface area (TPSA) is 84.2 Å². The van der Waals surface area contributed by atoms with E-state index >= 15 is 0 Å². The number of fused-ring (bicyclic) bond motifs is 1. The maximum Gasteiger partial charge on any atom is 0.240 e. The van der Waals surface area contributed by atoms with Gasteiger partial charge in [-0.25, -0.2) is 0 Å². The summed E-state index contributed by atoms with van der Waals surface area (Å²) < 4.78 is 0. The first-order valence-corrected chi connectivity index (χ1v) is 6.18. The van der Waals surface area contributed by atoms with Gasteiger partial charge in [-0.1, -0.05) is 0 Å². The average Bonchev–Trinajstić information content (AvgIpc) is 2.28. The zero-order chi connectivity index (χ0) is 12.4. The summed E-state index contributed by atoms with van der Waals surface area (Å²) >= 11 is 1.48. The lowest BCUT2D eigenvalue weighted by molar-refractivity contribution is -0.117. The highest BCUT2D eigenvalue weighted by Crippen LogP contribution is 2.33. The molecule has 1 aromatic rings. The molecule has 0 bridgehead atoms. The average molecular weight is 288 g/mol. The van der Waals surface area contributed by atoms with Crippen LogP contribution in [0.4, 0.5) is 11.4 Å². The third kappa shape index (κ3) is 3.38. The Morgan fingerprint density at radius 2 is 2.28 bits per heavy atom. The van der Waals surface area contributed by atoms with Crippen molar-refractivity contribution in [3.05, 3.63) is 18.2 Å². The minimum Gasteiger partial charge on any atom is -0.325 e. The van der Waals surface area contributed by atoms with Crippen molar-refractivity contribution >= 4 is 47.4 Å². The van der Waals surface area contributed by atoms with E-state index in [1.165, 1.54) is 11.8 Å². The van der Waals surface area contributed by atoms with Crippen molar-refractivity contribution in [2.75, 3.05) is 16.4 Å². The first-order chi connectivity index (χ1) is 8.06. The standard InChI is InChI=1S/C11H13N3O2S.ClH/c1-6(12)11(16)13-7-2-3-9-8(4-7)14-10(15)5-17-9;/h2-4,6H,5,12H2,1H3,(H,13,16)(H,14,15);1H/t6-;/m1./s1. The summed E-state index contributed by atoms with van der Waals surface area (Å²) in [7, 11) is 0. The maximum absolute atomic E-state index is 11.4. The number of nitrogens with two attached hydrogens (primary N) is 1. The number of carbonyl (C=O) groups excluding carboxylic acids is 2. The van der Waals surface area contributed by atoms with E-state index in [-0.39, 0.29) is 24.2 Å². The van der Waals surface area contributed by atoms with Crippen LogP contribution < -0.4 is 16.4 Å². The molecule has 1 aromatic carbocycles. The van der Waals surface area contributed by atoms with Gasteiger partial charge in [-0.05, 0) is 25.1 Å². The van der Waals surface area contributed by atoms with Gasteiger partial charge < -0.3 is 16.4 Å². The SMILES string of the molecule is C[C@@H](N)C(=O)Nc1ccc2c(c1)NC(=O)CS2.Cl. The molecular weight excluding hydrogens is 274 g/mol. The molecule has 2 rings (SSSR count). The van der Waals surface area contributed by atoms with Crippen molar-refractivity contribution in [2.45, 2.75) is 17.9 Å². The Hall–Kier alpha value is -1.24. The Morgan fingerprint density at radius 3 is 2.94 bits per heavy atom. The first kappa shape index (κ1) is 14.8. The Morgan fingerprint density at radius 1 is 1.56 bits per heavy atom. The number of halogens is 1. The molecule has 2 amide bonds. The molecule has 1 aliphatic rings. The molecule has 0 radical (unpaired) electrons. The molecule has 98 valence electrons. The zero-order valence-electron chi connectivity index (χ0n) is 9.73. The molecular formula is C11H14ClN3O2S. The van der Waals surface area contributed by atoms with Crippen molar-refractivity contribution < 1.29 is 9.59 Å². The van der Waals surface area contributed by atoms with Gasteiger partial charge in [0.25, 0.3) is 0 Å². The number of rotatable bonds is 2. The molecule has 5 nitrogen and oxygen atoms in total. The van der Waals surface area contributed by atoms with Crippen LogP contribution in [0, 0.1) is 0 Å². The highest BCUT2D eigenvalue weighted by Gasteiger charge is 2.16. The van der Waals surface area contributed by atoms with Crippen LogP contribution in [0.3, 0.4) is 0 Å². The van der Waals surface area contributed by atoms with Crippen molar-refractivity contribution in [3.63, 3.8) is 0 Å². The van der Waals surface area contributed by atoms with Crippen molar-refractivity contribution in [1.82, 2.24) is 0 Å². The molecule has 1 atom stereocenters. The summed E-state index contributed by atoms with van der Waals surface area (Å²) in [6, 6.07) is 4.84. The third-order valence-electron chi connectivity index (χ3n) is 2.29. The number of hydrogen-bond donors (Lipinski definition) is 3. The van der Waals surface area contributed by atoms with E-state index in [0.29, 0.717) is 11.4 Å². The number of amides is 2. The van der Waals surface area contributed by atoms with E-state index in [9.17, 15) is 9.59 Å². The second-order valence-corrected chi connectivity index (χ2v) is 4.84. The molecule has 0 aromatic heterocycles. The van der Waals surface area contributed by atoms with E-state index in [1.807, 2.05) is 6.07 Å². The summed E-state index contributed by atoms with van der Waals surface area (Å²) in [5.74, 6) is 0.149. The number of anilines is 2. The molecule has 18 heavy (non-hydrogen) atoms. The quantitative estimate of drug-likeness (QED) is 0.768. The lowest BCUT2D eigenvalue weighted by atomic mass is 10.2. The van der Waals surface area contributed by atoms with Gasteiger partial charge >= 0.3 is 0 Å². The van der Waals surface area contributed by atoms with Crippen molar-refractivity contribution in [1.29, 1.82) is 0 Å². The van der Waals surface area contributed by atoms with E-state index in [2.05, 4.69) is 10.6 Å². The minimum absolute atomic E-state index is 0. The number of nitrogens with one attached hydrogen (secondary N) is 2. The van der Waals surface area contributed by atoms with Crippen LogP contribution in [0.2, 0.25) is 0 Å². The molecule has 4 N–H and O–H groups in total. The first-order valence-electron chi connectivity index (χ1n) is 5.19. The number of thioether (sulfide) groups is 1. The number of carbonyl (C=O) groups is 2. The maximum atomic E-state index is 11.4. The van der Waals surface area contributed by atoms with Crippen LogP contribution in [0.15, 0.2) is 23.1 Å². The minimum atomic E-state index is -0.560. The van der Waals surface area contributed by atoms with E-state index < -0.39 is 6.04 Å². The lowest BCUT2D eigenvalue weighted by Gasteiger charge is -2.17. The molecule has 0 aliphatic carbocycles. The van der Waals surface area contributed by atoms with Crippen molar-refractivity contribution in [3.8, 4) is 0 Å². The normalized spacial score (nSPS) is 14.9. The highest BCUT2D eigenvalue weighted by atomic mass is 35.5. The van der Waals surface area contributed by atoms with Crippen LogP contribution >= 0.6 is 24.2 Å². The van der Waals surface area contributed by atoms with Gasteiger partial charge in [-0.15, -0.1) is 24.2 Å². The van der Waals surface area contributed by atoms with E-state index in [4.69, 9.17) is 5.73 Å². The summed E-state index contributed by atoms with van der Waals surface area (Å²) in [5.41, 5.74) is 6.82. The molecule has 0 saturated heterocycles.